The summed E-state index contributed by atoms with van der Waals surface area (Å²) in [6.07, 6.45) is 3.26. The van der Waals surface area contributed by atoms with Crippen LogP contribution in [0.5, 0.6) is 0 Å². The average molecular weight is 346 g/mol. The lowest BCUT2D eigenvalue weighted by Gasteiger charge is -2.17. The van der Waals surface area contributed by atoms with E-state index in [0.29, 0.717) is 19.5 Å². The maximum absolute atomic E-state index is 12.7. The monoisotopic (exact) mass is 346 g/mol. The second-order valence-corrected chi connectivity index (χ2v) is 9.23. The molecule has 0 radical (unpaired) electrons. The molecular formula is C18H22N2O3S. The molecule has 2 atom stereocenters. The minimum Gasteiger partial charge on any atom is -0.361 e. The van der Waals surface area contributed by atoms with Crippen LogP contribution in [0.2, 0.25) is 0 Å². The molecule has 2 fully saturated rings. The van der Waals surface area contributed by atoms with E-state index in [1.807, 2.05) is 17.2 Å². The summed E-state index contributed by atoms with van der Waals surface area (Å²) in [5, 5.41) is 1.12. The molecule has 0 spiro atoms. The summed E-state index contributed by atoms with van der Waals surface area (Å²) in [5.74, 6) is 0.856. The van der Waals surface area contributed by atoms with Crippen LogP contribution >= 0.6 is 0 Å². The van der Waals surface area contributed by atoms with Crippen LogP contribution in [0, 0.1) is 11.8 Å². The maximum atomic E-state index is 12.7. The van der Waals surface area contributed by atoms with Crippen LogP contribution in [0.4, 0.5) is 0 Å². The second kappa shape index (κ2) is 5.62. The summed E-state index contributed by atoms with van der Waals surface area (Å²) in [7, 11) is -2.88. The van der Waals surface area contributed by atoms with Crippen LogP contribution in [-0.2, 0) is 27.5 Å². The van der Waals surface area contributed by atoms with Gasteiger partial charge in [-0.3, -0.25) is 4.79 Å². The van der Waals surface area contributed by atoms with Crippen molar-refractivity contribution in [1.29, 1.82) is 0 Å². The van der Waals surface area contributed by atoms with Gasteiger partial charge in [0.05, 0.1) is 17.9 Å². The molecule has 1 amide bonds. The van der Waals surface area contributed by atoms with E-state index >= 15 is 0 Å². The highest BCUT2D eigenvalue weighted by molar-refractivity contribution is 7.91. The minimum atomic E-state index is -2.88. The van der Waals surface area contributed by atoms with E-state index < -0.39 is 9.84 Å². The van der Waals surface area contributed by atoms with Gasteiger partial charge in [0.1, 0.15) is 0 Å². The number of H-pyrrole nitrogens is 1. The molecule has 6 heteroatoms. The van der Waals surface area contributed by atoms with Gasteiger partial charge in [0.25, 0.3) is 0 Å². The average Bonchev–Trinajstić information content (AvgIpc) is 3.18. The molecule has 0 unspecified atom stereocenters. The quantitative estimate of drug-likeness (QED) is 0.921. The summed E-state index contributed by atoms with van der Waals surface area (Å²) in [6.45, 7) is 3.30. The third-order valence-electron chi connectivity index (χ3n) is 5.48. The number of likely N-dealkylation sites (tertiary alicyclic amines) is 1. The number of aryl methyl sites for hydroxylation is 1. The Balaban J connectivity index is 1.50. The number of aromatic nitrogens is 1. The zero-order valence-electron chi connectivity index (χ0n) is 13.8. The summed E-state index contributed by atoms with van der Waals surface area (Å²) >= 11 is 0. The summed E-state index contributed by atoms with van der Waals surface area (Å²) in [6, 6.07) is 6.19. The Morgan fingerprint density at radius 3 is 2.58 bits per heavy atom. The van der Waals surface area contributed by atoms with Gasteiger partial charge in [-0.2, -0.15) is 0 Å². The van der Waals surface area contributed by atoms with Gasteiger partial charge >= 0.3 is 0 Å². The fraction of sp³-hybridized carbons (Fsp3) is 0.500. The largest absolute Gasteiger partial charge is 0.361 e. The van der Waals surface area contributed by atoms with Crippen molar-refractivity contribution in [2.24, 2.45) is 11.8 Å². The third-order valence-corrected chi connectivity index (χ3v) is 7.35. The molecule has 0 aliphatic carbocycles. The number of hydrogen-bond donors (Lipinski definition) is 1. The number of sulfone groups is 1. The van der Waals surface area contributed by atoms with Gasteiger partial charge in [0, 0.05) is 30.2 Å². The molecule has 5 nitrogen and oxygen atoms in total. The van der Waals surface area contributed by atoms with Crippen LogP contribution in [0.1, 0.15) is 18.1 Å². The van der Waals surface area contributed by atoms with Crippen molar-refractivity contribution in [3.8, 4) is 0 Å². The molecule has 1 N–H and O–H groups in total. The number of hydrogen-bond acceptors (Lipinski definition) is 3. The first-order valence-electron chi connectivity index (χ1n) is 8.53. The van der Waals surface area contributed by atoms with Crippen molar-refractivity contribution in [1.82, 2.24) is 9.88 Å². The molecule has 4 rings (SSSR count). The highest BCUT2D eigenvalue weighted by Gasteiger charge is 2.44. The smallest absolute Gasteiger partial charge is 0.227 e. The normalized spacial score (nSPS) is 25.3. The van der Waals surface area contributed by atoms with Crippen LogP contribution in [0.25, 0.3) is 10.9 Å². The zero-order chi connectivity index (χ0) is 16.9. The topological polar surface area (TPSA) is 70.2 Å². The zero-order valence-corrected chi connectivity index (χ0v) is 14.6. The Hall–Kier alpha value is -1.82. The molecule has 2 aliphatic heterocycles. The Bertz CT molecular complexity index is 880. The Labute approximate surface area is 142 Å². The van der Waals surface area contributed by atoms with Gasteiger partial charge in [-0.25, -0.2) is 8.42 Å². The summed E-state index contributed by atoms with van der Waals surface area (Å²) in [4.78, 5) is 17.8. The number of benzene rings is 1. The molecule has 2 saturated heterocycles. The van der Waals surface area contributed by atoms with Crippen molar-refractivity contribution >= 4 is 26.6 Å². The molecule has 0 saturated carbocycles. The lowest BCUT2D eigenvalue weighted by molar-refractivity contribution is -0.129. The number of amides is 1. The van der Waals surface area contributed by atoms with Gasteiger partial charge < -0.3 is 9.88 Å². The van der Waals surface area contributed by atoms with Gasteiger partial charge in [0.2, 0.25) is 5.91 Å². The van der Waals surface area contributed by atoms with E-state index in [9.17, 15) is 13.2 Å². The lowest BCUT2D eigenvalue weighted by atomic mass is 10.0. The first-order chi connectivity index (χ1) is 11.5. The van der Waals surface area contributed by atoms with E-state index in [-0.39, 0.29) is 29.2 Å². The number of carbonyl (C=O) groups is 1. The Morgan fingerprint density at radius 1 is 1.21 bits per heavy atom. The van der Waals surface area contributed by atoms with Crippen molar-refractivity contribution < 1.29 is 13.2 Å². The van der Waals surface area contributed by atoms with Gasteiger partial charge in [-0.05, 0) is 29.4 Å². The van der Waals surface area contributed by atoms with Crippen molar-refractivity contribution in [2.45, 2.75) is 19.8 Å². The number of fused-ring (bicyclic) bond motifs is 2. The molecule has 2 aromatic rings. The van der Waals surface area contributed by atoms with E-state index in [1.54, 1.807) is 0 Å². The standard InChI is InChI=1S/C18H22N2O3S/c1-2-12-4-3-5-16-13(7-19-18(12)16)6-17(21)20-8-14-10-24(22,23)11-15(14)9-20/h3-5,7,14-15,19H,2,6,8-11H2,1H3/t14-,15+. The predicted octanol–water partition coefficient (Wildman–Crippen LogP) is 1.78. The molecular weight excluding hydrogens is 324 g/mol. The van der Waals surface area contributed by atoms with Crippen LogP contribution in [-0.4, -0.2) is 48.8 Å². The van der Waals surface area contributed by atoms with Crippen molar-refractivity contribution in [3.63, 3.8) is 0 Å². The third kappa shape index (κ3) is 2.62. The molecule has 3 heterocycles. The summed E-state index contributed by atoms with van der Waals surface area (Å²) < 4.78 is 23.4. The van der Waals surface area contributed by atoms with Crippen LogP contribution in [0.3, 0.4) is 0 Å². The van der Waals surface area contributed by atoms with E-state index in [1.165, 1.54) is 5.56 Å². The van der Waals surface area contributed by atoms with Gasteiger partial charge in [-0.1, -0.05) is 25.1 Å². The summed E-state index contributed by atoms with van der Waals surface area (Å²) in [5.41, 5.74) is 3.40. The number of carbonyl (C=O) groups excluding carboxylic acids is 1. The van der Waals surface area contributed by atoms with Crippen molar-refractivity contribution in [3.05, 3.63) is 35.5 Å². The van der Waals surface area contributed by atoms with Gasteiger partial charge in [-0.15, -0.1) is 0 Å². The first-order valence-corrected chi connectivity index (χ1v) is 10.3. The number of para-hydroxylation sites is 1. The molecule has 1 aromatic carbocycles. The maximum Gasteiger partial charge on any atom is 0.227 e. The SMILES string of the molecule is CCc1cccc2c(CC(=O)N3C[C@@H]4CS(=O)(=O)C[C@@H]4C3)c[nH]c12. The highest BCUT2D eigenvalue weighted by Crippen LogP contribution is 2.33. The number of aromatic amines is 1. The van der Waals surface area contributed by atoms with Crippen LogP contribution < -0.4 is 0 Å². The predicted molar refractivity (Wildman–Crippen MR) is 93.6 cm³/mol. The number of nitrogens with zero attached hydrogens (tertiary/aromatic N) is 1. The minimum absolute atomic E-state index is 0.101. The number of nitrogens with one attached hydrogen (secondary N) is 1. The lowest BCUT2D eigenvalue weighted by Crippen LogP contribution is -2.32. The Morgan fingerprint density at radius 2 is 1.92 bits per heavy atom. The first kappa shape index (κ1) is 15.7. The van der Waals surface area contributed by atoms with Crippen LogP contribution in [0.15, 0.2) is 24.4 Å². The van der Waals surface area contributed by atoms with E-state index in [4.69, 9.17) is 0 Å². The van der Waals surface area contributed by atoms with Gasteiger partial charge in [0.15, 0.2) is 9.84 Å². The molecule has 1 aromatic heterocycles. The van der Waals surface area contributed by atoms with E-state index in [0.717, 1.165) is 22.9 Å². The second-order valence-electron chi connectivity index (χ2n) is 7.08. The molecule has 128 valence electrons. The molecule has 2 aliphatic rings. The fourth-order valence-corrected chi connectivity index (χ4v) is 6.43. The highest BCUT2D eigenvalue weighted by atomic mass is 32.2. The Kier molecular flexibility index (Phi) is 3.67. The van der Waals surface area contributed by atoms with Crippen molar-refractivity contribution in [2.75, 3.05) is 24.6 Å². The number of rotatable bonds is 3. The fourth-order valence-electron chi connectivity index (χ4n) is 4.23. The molecule has 24 heavy (non-hydrogen) atoms. The molecule has 0 bridgehead atoms. The van der Waals surface area contributed by atoms with E-state index in [2.05, 4.69) is 24.0 Å².